The number of fused-ring (bicyclic) bond motifs is 1. The summed E-state index contributed by atoms with van der Waals surface area (Å²) < 4.78 is 0. The van der Waals surface area contributed by atoms with Crippen LogP contribution in [0.1, 0.15) is 26.7 Å². The van der Waals surface area contributed by atoms with Crippen molar-refractivity contribution in [1.29, 1.82) is 0 Å². The number of likely N-dealkylation sites (tertiary alicyclic amines) is 1. The Morgan fingerprint density at radius 3 is 2.60 bits per heavy atom. The normalized spacial score (nSPS) is 54.3. The smallest absolute Gasteiger partial charge is 0.0130 e. The Labute approximate surface area is 63.4 Å². The summed E-state index contributed by atoms with van der Waals surface area (Å²) in [6, 6.07) is 1.79. The molecule has 1 saturated carbocycles. The monoisotopic (exact) mass is 139 g/mol. The second-order valence-corrected chi connectivity index (χ2v) is 4.19. The van der Waals surface area contributed by atoms with Gasteiger partial charge in [0.25, 0.3) is 0 Å². The number of hydrogen-bond acceptors (Lipinski definition) is 1. The third-order valence-electron chi connectivity index (χ3n) is 3.47. The lowest BCUT2D eigenvalue weighted by Gasteiger charge is -2.32. The lowest BCUT2D eigenvalue weighted by atomic mass is 9.93. The van der Waals surface area contributed by atoms with Gasteiger partial charge in [0.15, 0.2) is 0 Å². The van der Waals surface area contributed by atoms with E-state index in [1.807, 2.05) is 0 Å². The first-order chi connectivity index (χ1) is 4.70. The standard InChI is InChI=1S/C9H17N/c1-6-4-7(2)10(3)9-5-8(6)9/h6-9H,4-5H2,1-3H3. The molecule has 2 aliphatic rings. The fourth-order valence-electron chi connectivity index (χ4n) is 2.49. The summed E-state index contributed by atoms with van der Waals surface area (Å²) in [5, 5.41) is 0. The number of piperidine rings is 1. The molecule has 1 saturated heterocycles. The molecular formula is C9H17N. The van der Waals surface area contributed by atoms with Crippen LogP contribution in [0.15, 0.2) is 0 Å². The van der Waals surface area contributed by atoms with Gasteiger partial charge in [0, 0.05) is 12.1 Å². The Morgan fingerprint density at radius 1 is 1.20 bits per heavy atom. The highest BCUT2D eigenvalue weighted by Gasteiger charge is 2.48. The van der Waals surface area contributed by atoms with E-state index in [4.69, 9.17) is 0 Å². The van der Waals surface area contributed by atoms with Crippen LogP contribution < -0.4 is 0 Å². The second kappa shape index (κ2) is 1.97. The molecule has 10 heavy (non-hydrogen) atoms. The molecule has 2 rings (SSSR count). The number of hydrogen-bond donors (Lipinski definition) is 0. The van der Waals surface area contributed by atoms with Gasteiger partial charge in [0.1, 0.15) is 0 Å². The molecular weight excluding hydrogens is 122 g/mol. The lowest BCUT2D eigenvalue weighted by molar-refractivity contribution is 0.153. The quantitative estimate of drug-likeness (QED) is 0.494. The van der Waals surface area contributed by atoms with Gasteiger partial charge in [-0.25, -0.2) is 0 Å². The van der Waals surface area contributed by atoms with Crippen LogP contribution in [0.25, 0.3) is 0 Å². The zero-order valence-electron chi connectivity index (χ0n) is 7.17. The van der Waals surface area contributed by atoms with Crippen LogP contribution in [0.3, 0.4) is 0 Å². The topological polar surface area (TPSA) is 3.24 Å². The van der Waals surface area contributed by atoms with Crippen molar-refractivity contribution < 1.29 is 0 Å². The van der Waals surface area contributed by atoms with Crippen molar-refractivity contribution in [1.82, 2.24) is 4.90 Å². The van der Waals surface area contributed by atoms with Crippen molar-refractivity contribution in [2.24, 2.45) is 11.8 Å². The lowest BCUT2D eigenvalue weighted by Crippen LogP contribution is -2.38. The van der Waals surface area contributed by atoms with Crippen molar-refractivity contribution in [3.8, 4) is 0 Å². The maximum Gasteiger partial charge on any atom is 0.0130 e. The summed E-state index contributed by atoms with van der Waals surface area (Å²) in [4.78, 5) is 2.56. The van der Waals surface area contributed by atoms with Gasteiger partial charge in [-0.2, -0.15) is 0 Å². The Kier molecular flexibility index (Phi) is 1.31. The van der Waals surface area contributed by atoms with Crippen molar-refractivity contribution in [2.45, 2.75) is 38.8 Å². The van der Waals surface area contributed by atoms with Crippen LogP contribution in [0, 0.1) is 11.8 Å². The van der Waals surface area contributed by atoms with Gasteiger partial charge >= 0.3 is 0 Å². The average Bonchev–Trinajstić information content (AvgIpc) is 2.61. The van der Waals surface area contributed by atoms with Crippen molar-refractivity contribution in [3.63, 3.8) is 0 Å². The minimum absolute atomic E-state index is 0.832. The Balaban J connectivity index is 2.05. The van der Waals surface area contributed by atoms with Gasteiger partial charge in [-0.3, -0.25) is 0 Å². The summed E-state index contributed by atoms with van der Waals surface area (Å²) in [7, 11) is 2.28. The fraction of sp³-hybridized carbons (Fsp3) is 1.00. The second-order valence-electron chi connectivity index (χ2n) is 4.19. The molecule has 2 fully saturated rings. The van der Waals surface area contributed by atoms with Crippen LogP contribution in [-0.2, 0) is 0 Å². The van der Waals surface area contributed by atoms with E-state index in [9.17, 15) is 0 Å². The highest BCUT2D eigenvalue weighted by atomic mass is 15.2. The zero-order valence-corrected chi connectivity index (χ0v) is 7.17. The highest BCUT2D eigenvalue weighted by molar-refractivity contribution is 5.02. The molecule has 0 N–H and O–H groups in total. The third-order valence-corrected chi connectivity index (χ3v) is 3.47. The molecule has 4 atom stereocenters. The van der Waals surface area contributed by atoms with Gasteiger partial charge in [-0.1, -0.05) is 6.92 Å². The first kappa shape index (κ1) is 6.66. The molecule has 1 heteroatoms. The molecule has 1 aliphatic carbocycles. The molecule has 58 valence electrons. The Bertz CT molecular complexity index is 142. The van der Waals surface area contributed by atoms with Crippen molar-refractivity contribution in [2.75, 3.05) is 7.05 Å². The highest BCUT2D eigenvalue weighted by Crippen LogP contribution is 2.47. The van der Waals surface area contributed by atoms with Gasteiger partial charge < -0.3 is 4.90 Å². The maximum absolute atomic E-state index is 2.56. The molecule has 1 heterocycles. The van der Waals surface area contributed by atoms with Gasteiger partial charge in [0.2, 0.25) is 0 Å². The zero-order chi connectivity index (χ0) is 7.30. The van der Waals surface area contributed by atoms with Crippen LogP contribution in [-0.4, -0.2) is 24.0 Å². The molecule has 0 bridgehead atoms. The first-order valence-electron chi connectivity index (χ1n) is 4.42. The van der Waals surface area contributed by atoms with Gasteiger partial charge in [-0.05, 0) is 38.6 Å². The first-order valence-corrected chi connectivity index (χ1v) is 4.42. The van der Waals surface area contributed by atoms with E-state index >= 15 is 0 Å². The predicted molar refractivity (Wildman–Crippen MR) is 42.9 cm³/mol. The van der Waals surface area contributed by atoms with E-state index in [1.165, 1.54) is 12.8 Å². The van der Waals surface area contributed by atoms with Crippen LogP contribution >= 0.6 is 0 Å². The van der Waals surface area contributed by atoms with Crippen LogP contribution in [0.2, 0.25) is 0 Å². The van der Waals surface area contributed by atoms with Gasteiger partial charge in [0.05, 0.1) is 0 Å². The molecule has 0 aromatic rings. The maximum atomic E-state index is 2.56. The molecule has 1 nitrogen and oxygen atoms in total. The van der Waals surface area contributed by atoms with E-state index in [-0.39, 0.29) is 0 Å². The molecule has 0 spiro atoms. The summed E-state index contributed by atoms with van der Waals surface area (Å²) in [5.41, 5.74) is 0. The van der Waals surface area contributed by atoms with E-state index in [0.717, 1.165) is 23.9 Å². The molecule has 0 amide bonds. The summed E-state index contributed by atoms with van der Waals surface area (Å²) in [6.45, 7) is 4.76. The molecule has 0 radical (unpaired) electrons. The molecule has 4 unspecified atom stereocenters. The minimum Gasteiger partial charge on any atom is -0.300 e. The number of nitrogens with zero attached hydrogens (tertiary/aromatic N) is 1. The summed E-state index contributed by atoms with van der Waals surface area (Å²) >= 11 is 0. The van der Waals surface area contributed by atoms with E-state index in [2.05, 4.69) is 25.8 Å². The van der Waals surface area contributed by atoms with Crippen LogP contribution in [0.5, 0.6) is 0 Å². The van der Waals surface area contributed by atoms with E-state index in [1.54, 1.807) is 0 Å². The molecule has 1 aliphatic heterocycles. The number of rotatable bonds is 0. The predicted octanol–water partition coefficient (Wildman–Crippen LogP) is 1.74. The van der Waals surface area contributed by atoms with E-state index in [0.29, 0.717) is 0 Å². The minimum atomic E-state index is 0.832. The molecule has 0 aromatic heterocycles. The van der Waals surface area contributed by atoms with Gasteiger partial charge in [-0.15, -0.1) is 0 Å². The average molecular weight is 139 g/mol. The van der Waals surface area contributed by atoms with E-state index < -0.39 is 0 Å². The Hall–Kier alpha value is -0.0400. The Morgan fingerprint density at radius 2 is 1.90 bits per heavy atom. The van der Waals surface area contributed by atoms with Crippen molar-refractivity contribution in [3.05, 3.63) is 0 Å². The summed E-state index contributed by atoms with van der Waals surface area (Å²) in [6.07, 6.45) is 2.89. The summed E-state index contributed by atoms with van der Waals surface area (Å²) in [5.74, 6) is 2.05. The molecule has 0 aromatic carbocycles. The van der Waals surface area contributed by atoms with Crippen LogP contribution in [0.4, 0.5) is 0 Å². The third kappa shape index (κ3) is 0.800. The largest absolute Gasteiger partial charge is 0.300 e. The fourth-order valence-corrected chi connectivity index (χ4v) is 2.49. The van der Waals surface area contributed by atoms with Crippen molar-refractivity contribution >= 4 is 0 Å². The SMILES string of the molecule is CC1CC(C)N(C)C2CC12.